The number of rotatable bonds is 4. The van der Waals surface area contributed by atoms with Crippen LogP contribution in [0, 0.1) is 6.92 Å². The molecular formula is C18H21ClN4O3S. The second kappa shape index (κ2) is 6.13. The predicted octanol–water partition coefficient (Wildman–Crippen LogP) is 2.41. The van der Waals surface area contributed by atoms with Crippen molar-refractivity contribution in [2.75, 3.05) is 5.73 Å². The number of nitrogen functional groups attached to an aromatic ring is 1. The zero-order chi connectivity index (χ0) is 19.4. The molecule has 9 heteroatoms. The van der Waals surface area contributed by atoms with Crippen LogP contribution in [0.25, 0.3) is 11.3 Å². The molecule has 27 heavy (non-hydrogen) atoms. The first kappa shape index (κ1) is 18.6. The van der Waals surface area contributed by atoms with Gasteiger partial charge in [0.15, 0.2) is 11.0 Å². The van der Waals surface area contributed by atoms with Crippen molar-refractivity contribution in [3.05, 3.63) is 35.1 Å². The zero-order valence-electron chi connectivity index (χ0n) is 14.9. The Labute approximate surface area is 163 Å². The minimum atomic E-state index is -3.75. The zero-order valence-corrected chi connectivity index (χ0v) is 16.4. The number of aliphatic hydroxyl groups is 1. The van der Waals surface area contributed by atoms with Gasteiger partial charge in [0, 0.05) is 11.1 Å². The van der Waals surface area contributed by atoms with Gasteiger partial charge in [0.2, 0.25) is 10.0 Å². The first-order chi connectivity index (χ1) is 12.6. The van der Waals surface area contributed by atoms with Gasteiger partial charge >= 0.3 is 0 Å². The maximum atomic E-state index is 13.0. The molecule has 0 radical (unpaired) electrons. The molecular weight excluding hydrogens is 388 g/mol. The lowest BCUT2D eigenvalue weighted by atomic mass is 9.94. The van der Waals surface area contributed by atoms with E-state index in [2.05, 4.69) is 14.7 Å². The molecule has 0 spiro atoms. The fourth-order valence-corrected chi connectivity index (χ4v) is 5.83. The molecule has 2 bridgehead atoms. The largest absolute Gasteiger partial charge is 0.390 e. The summed E-state index contributed by atoms with van der Waals surface area (Å²) in [6.45, 7) is 1.86. The van der Waals surface area contributed by atoms with E-state index in [1.54, 1.807) is 18.2 Å². The van der Waals surface area contributed by atoms with Crippen molar-refractivity contribution in [1.82, 2.24) is 14.7 Å². The average molecular weight is 409 g/mol. The molecule has 2 aromatic rings. The van der Waals surface area contributed by atoms with E-state index in [1.807, 2.05) is 6.92 Å². The molecule has 144 valence electrons. The van der Waals surface area contributed by atoms with E-state index >= 15 is 0 Å². The number of aryl methyl sites for hydroxylation is 1. The van der Waals surface area contributed by atoms with Gasteiger partial charge in [-0.05, 0) is 56.7 Å². The minimum absolute atomic E-state index is 0.0772. The van der Waals surface area contributed by atoms with Crippen LogP contribution in [0.1, 0.15) is 37.7 Å². The Kier molecular flexibility index (Phi) is 4.23. The highest BCUT2D eigenvalue weighted by Gasteiger charge is 2.55. The summed E-state index contributed by atoms with van der Waals surface area (Å²) in [7, 11) is -3.75. The SMILES string of the molecule is Cc1ccc(S(=O)(=O)NC23CCC(O)(CC2)C3)cc1-c1cnc(N)c(Cl)n1. The molecule has 0 saturated heterocycles. The normalized spacial score (nSPS) is 27.2. The fraction of sp³-hybridized carbons (Fsp3) is 0.444. The molecule has 2 saturated carbocycles. The van der Waals surface area contributed by atoms with Gasteiger partial charge in [0.05, 0.1) is 22.4 Å². The minimum Gasteiger partial charge on any atom is -0.390 e. The number of sulfonamides is 1. The number of hydrogen-bond donors (Lipinski definition) is 3. The first-order valence-electron chi connectivity index (χ1n) is 8.77. The summed E-state index contributed by atoms with van der Waals surface area (Å²) >= 11 is 5.96. The number of nitrogens with one attached hydrogen (secondary N) is 1. The lowest BCUT2D eigenvalue weighted by Crippen LogP contribution is -2.44. The van der Waals surface area contributed by atoms with Crippen molar-refractivity contribution in [3.8, 4) is 11.3 Å². The van der Waals surface area contributed by atoms with Crippen LogP contribution in [0.3, 0.4) is 0 Å². The topological polar surface area (TPSA) is 118 Å². The second-order valence-electron chi connectivity index (χ2n) is 7.69. The maximum Gasteiger partial charge on any atom is 0.241 e. The Hall–Kier alpha value is -1.74. The van der Waals surface area contributed by atoms with Crippen LogP contribution in [0.5, 0.6) is 0 Å². The van der Waals surface area contributed by atoms with Gasteiger partial charge in [-0.1, -0.05) is 17.7 Å². The van der Waals surface area contributed by atoms with Crippen LogP contribution in [-0.2, 0) is 10.0 Å². The number of nitrogens with two attached hydrogens (primary N) is 1. The fourth-order valence-electron chi connectivity index (χ4n) is 4.21. The monoisotopic (exact) mass is 408 g/mol. The van der Waals surface area contributed by atoms with Gasteiger partial charge < -0.3 is 10.8 Å². The van der Waals surface area contributed by atoms with Crippen molar-refractivity contribution < 1.29 is 13.5 Å². The van der Waals surface area contributed by atoms with Gasteiger partial charge in [0.25, 0.3) is 0 Å². The number of halogens is 1. The summed E-state index contributed by atoms with van der Waals surface area (Å²) in [5.74, 6) is 0.123. The highest BCUT2D eigenvalue weighted by molar-refractivity contribution is 7.89. The number of anilines is 1. The van der Waals surface area contributed by atoms with Gasteiger partial charge in [0.1, 0.15) is 0 Å². The van der Waals surface area contributed by atoms with Crippen LogP contribution in [0.15, 0.2) is 29.3 Å². The summed E-state index contributed by atoms with van der Waals surface area (Å²) in [5, 5.41) is 10.5. The van der Waals surface area contributed by atoms with Crippen molar-refractivity contribution >= 4 is 27.4 Å². The van der Waals surface area contributed by atoms with Gasteiger partial charge in [-0.25, -0.2) is 23.1 Å². The lowest BCUT2D eigenvalue weighted by Gasteiger charge is -2.27. The summed E-state index contributed by atoms with van der Waals surface area (Å²) in [5.41, 5.74) is 6.26. The van der Waals surface area contributed by atoms with E-state index in [4.69, 9.17) is 17.3 Å². The van der Waals surface area contributed by atoms with Crippen LogP contribution < -0.4 is 10.5 Å². The molecule has 2 aliphatic rings. The molecule has 2 fully saturated rings. The molecule has 7 nitrogen and oxygen atoms in total. The first-order valence-corrected chi connectivity index (χ1v) is 10.6. The van der Waals surface area contributed by atoms with E-state index in [0.29, 0.717) is 43.4 Å². The quantitative estimate of drug-likeness (QED) is 0.714. The van der Waals surface area contributed by atoms with Gasteiger partial charge in [-0.15, -0.1) is 0 Å². The number of nitrogens with zero attached hydrogens (tertiary/aromatic N) is 2. The van der Waals surface area contributed by atoms with Crippen molar-refractivity contribution in [2.24, 2.45) is 0 Å². The Morgan fingerprint density at radius 3 is 2.56 bits per heavy atom. The molecule has 0 unspecified atom stereocenters. The Balaban J connectivity index is 1.69. The standard InChI is InChI=1S/C18H21ClN4O3S/c1-11-2-3-12(8-13(11)14-9-21-16(20)15(19)22-14)27(25,26)23-17-4-6-18(24,10-17)7-5-17/h2-3,8-9,23-24H,4-7,10H2,1H3,(H2,20,21). The molecule has 1 aromatic heterocycles. The molecule has 0 aliphatic heterocycles. The Morgan fingerprint density at radius 1 is 1.26 bits per heavy atom. The predicted molar refractivity (Wildman–Crippen MR) is 103 cm³/mol. The molecule has 0 atom stereocenters. The number of aromatic nitrogens is 2. The Morgan fingerprint density at radius 2 is 1.96 bits per heavy atom. The van der Waals surface area contributed by atoms with E-state index in [0.717, 1.165) is 5.56 Å². The van der Waals surface area contributed by atoms with E-state index in [1.165, 1.54) is 6.20 Å². The summed E-state index contributed by atoms with van der Waals surface area (Å²) in [4.78, 5) is 8.35. The van der Waals surface area contributed by atoms with E-state index < -0.39 is 21.2 Å². The third-order valence-electron chi connectivity index (χ3n) is 5.71. The number of benzene rings is 1. The van der Waals surface area contributed by atoms with Crippen molar-refractivity contribution in [1.29, 1.82) is 0 Å². The van der Waals surface area contributed by atoms with Crippen molar-refractivity contribution in [2.45, 2.75) is 55.1 Å². The third kappa shape index (κ3) is 3.31. The molecule has 4 rings (SSSR count). The van der Waals surface area contributed by atoms with Crippen LogP contribution >= 0.6 is 11.6 Å². The highest BCUT2D eigenvalue weighted by Crippen LogP contribution is 2.51. The van der Waals surface area contributed by atoms with Gasteiger partial charge in [-0.2, -0.15) is 0 Å². The molecule has 4 N–H and O–H groups in total. The van der Waals surface area contributed by atoms with Crippen molar-refractivity contribution in [3.63, 3.8) is 0 Å². The summed E-state index contributed by atoms with van der Waals surface area (Å²) in [6.07, 6.45) is 4.51. The van der Waals surface area contributed by atoms with E-state index in [9.17, 15) is 13.5 Å². The molecule has 0 amide bonds. The van der Waals surface area contributed by atoms with Crippen LogP contribution in [-0.4, -0.2) is 34.6 Å². The van der Waals surface area contributed by atoms with E-state index in [-0.39, 0.29) is 15.9 Å². The molecule has 1 aromatic carbocycles. The van der Waals surface area contributed by atoms with Crippen LogP contribution in [0.4, 0.5) is 5.82 Å². The Bertz CT molecular complexity index is 1020. The van der Waals surface area contributed by atoms with Gasteiger partial charge in [-0.3, -0.25) is 0 Å². The summed E-state index contributed by atoms with van der Waals surface area (Å²) in [6, 6.07) is 4.87. The molecule has 2 aliphatic carbocycles. The molecule has 1 heterocycles. The number of hydrogen-bond acceptors (Lipinski definition) is 6. The lowest BCUT2D eigenvalue weighted by molar-refractivity contribution is 0.0521. The smallest absolute Gasteiger partial charge is 0.241 e. The highest BCUT2D eigenvalue weighted by atomic mass is 35.5. The maximum absolute atomic E-state index is 13.0. The second-order valence-corrected chi connectivity index (χ2v) is 9.74. The third-order valence-corrected chi connectivity index (χ3v) is 7.56. The average Bonchev–Trinajstić information content (AvgIpc) is 3.10. The number of fused-ring (bicyclic) bond motifs is 2. The van der Waals surface area contributed by atoms with Crippen LogP contribution in [0.2, 0.25) is 5.15 Å². The summed E-state index contributed by atoms with van der Waals surface area (Å²) < 4.78 is 28.9.